The summed E-state index contributed by atoms with van der Waals surface area (Å²) in [6.07, 6.45) is 0.0375. The quantitative estimate of drug-likeness (QED) is 0.298. The Morgan fingerprint density at radius 1 is 0.943 bits per heavy atom. The van der Waals surface area contributed by atoms with Crippen molar-refractivity contribution in [2.75, 3.05) is 6.54 Å². The molecule has 0 radical (unpaired) electrons. The molecule has 0 fully saturated rings. The first-order valence-corrected chi connectivity index (χ1v) is 12.7. The Labute approximate surface area is 210 Å². The molecule has 0 aliphatic carbocycles. The fourth-order valence-corrected chi connectivity index (χ4v) is 3.55. The summed E-state index contributed by atoms with van der Waals surface area (Å²) in [4.78, 5) is 37.8. The lowest BCUT2D eigenvalue weighted by Gasteiger charge is -2.28. The Morgan fingerprint density at radius 2 is 1.57 bits per heavy atom. The summed E-state index contributed by atoms with van der Waals surface area (Å²) in [7, 11) is 0. The van der Waals surface area contributed by atoms with E-state index in [2.05, 4.69) is 22.9 Å². The first-order chi connectivity index (χ1) is 16.5. The zero-order chi connectivity index (χ0) is 26.4. The van der Waals surface area contributed by atoms with Gasteiger partial charge in [0.05, 0.1) is 18.6 Å². The number of hydrogen-bond acceptors (Lipinski definition) is 5. The number of amides is 3. The van der Waals surface area contributed by atoms with E-state index in [0.717, 1.165) is 12.0 Å². The van der Waals surface area contributed by atoms with Gasteiger partial charge in [0.25, 0.3) is 0 Å². The van der Waals surface area contributed by atoms with Crippen molar-refractivity contribution in [2.45, 2.75) is 92.0 Å². The summed E-state index contributed by atoms with van der Waals surface area (Å²) < 4.78 is 5.28. The number of carbonyl (C=O) groups is 3. The molecule has 1 aromatic carbocycles. The number of alkyl carbamates (subject to hydrolysis) is 1. The average Bonchev–Trinajstić information content (AvgIpc) is 2.80. The molecule has 8 nitrogen and oxygen atoms in total. The van der Waals surface area contributed by atoms with Gasteiger partial charge in [0, 0.05) is 6.54 Å². The van der Waals surface area contributed by atoms with Gasteiger partial charge in [0.15, 0.2) is 0 Å². The maximum absolute atomic E-state index is 13.1. The Balaban J connectivity index is 2.77. The molecular weight excluding hydrogens is 446 g/mol. The molecule has 0 unspecified atom stereocenters. The SMILES string of the molecule is CC[C@H](C)CNC(=O)C[C@H](O)[C@H](CC(C)C)NC(=O)[C@H](CC(C)C)NC(=O)OCc1ccccc1. The highest BCUT2D eigenvalue weighted by Gasteiger charge is 2.29. The van der Waals surface area contributed by atoms with Crippen LogP contribution in [0.4, 0.5) is 4.79 Å². The van der Waals surface area contributed by atoms with E-state index in [9.17, 15) is 19.5 Å². The van der Waals surface area contributed by atoms with Crippen molar-refractivity contribution in [2.24, 2.45) is 17.8 Å². The molecule has 0 aromatic heterocycles. The maximum Gasteiger partial charge on any atom is 0.408 e. The molecule has 4 N–H and O–H groups in total. The van der Waals surface area contributed by atoms with E-state index >= 15 is 0 Å². The van der Waals surface area contributed by atoms with Gasteiger partial charge in [-0.25, -0.2) is 4.79 Å². The lowest BCUT2D eigenvalue weighted by atomic mass is 9.95. The number of ether oxygens (including phenoxy) is 1. The lowest BCUT2D eigenvalue weighted by Crippen LogP contribution is -2.53. The Kier molecular flexibility index (Phi) is 14.0. The molecule has 1 aromatic rings. The molecule has 0 spiro atoms. The normalized spacial score (nSPS) is 14.7. The van der Waals surface area contributed by atoms with Crippen LogP contribution in [0.15, 0.2) is 30.3 Å². The molecule has 1 rings (SSSR count). The van der Waals surface area contributed by atoms with Crippen molar-refractivity contribution in [1.82, 2.24) is 16.0 Å². The number of hydrogen-bond donors (Lipinski definition) is 4. The molecule has 4 atom stereocenters. The number of nitrogens with one attached hydrogen (secondary N) is 3. The molecule has 0 saturated carbocycles. The molecule has 8 heteroatoms. The van der Waals surface area contributed by atoms with E-state index in [1.165, 1.54) is 0 Å². The Bertz CT molecular complexity index is 769. The highest BCUT2D eigenvalue weighted by atomic mass is 16.5. The summed E-state index contributed by atoms with van der Waals surface area (Å²) >= 11 is 0. The van der Waals surface area contributed by atoms with Crippen LogP contribution in [-0.2, 0) is 20.9 Å². The molecule has 3 amide bonds. The highest BCUT2D eigenvalue weighted by molar-refractivity contribution is 5.86. The third kappa shape index (κ3) is 13.2. The minimum Gasteiger partial charge on any atom is -0.445 e. The first-order valence-electron chi connectivity index (χ1n) is 12.7. The number of aliphatic hydroxyl groups excluding tert-OH is 1. The summed E-state index contributed by atoms with van der Waals surface area (Å²) in [6.45, 7) is 12.6. The van der Waals surface area contributed by atoms with E-state index < -0.39 is 30.2 Å². The van der Waals surface area contributed by atoms with Gasteiger partial charge >= 0.3 is 6.09 Å². The second-order valence-corrected chi connectivity index (χ2v) is 10.2. The largest absolute Gasteiger partial charge is 0.445 e. The van der Waals surface area contributed by atoms with Gasteiger partial charge in [-0.05, 0) is 36.2 Å². The van der Waals surface area contributed by atoms with Crippen molar-refractivity contribution < 1.29 is 24.2 Å². The Hall–Kier alpha value is -2.61. The van der Waals surface area contributed by atoms with E-state index in [1.807, 2.05) is 65.0 Å². The van der Waals surface area contributed by atoms with Gasteiger partial charge < -0.3 is 25.8 Å². The van der Waals surface area contributed by atoms with E-state index in [-0.39, 0.29) is 30.8 Å². The van der Waals surface area contributed by atoms with Gasteiger partial charge in [-0.2, -0.15) is 0 Å². The molecule has 198 valence electrons. The molecular formula is C27H45N3O5. The van der Waals surface area contributed by atoms with Crippen LogP contribution in [0.3, 0.4) is 0 Å². The fourth-order valence-electron chi connectivity index (χ4n) is 3.55. The molecule has 0 bridgehead atoms. The molecule has 0 heterocycles. The number of rotatable bonds is 15. The first kappa shape index (κ1) is 30.4. The predicted molar refractivity (Wildman–Crippen MR) is 137 cm³/mol. The van der Waals surface area contributed by atoms with Crippen LogP contribution in [0.25, 0.3) is 0 Å². The summed E-state index contributed by atoms with van der Waals surface area (Å²) in [5.74, 6) is 0.0273. The number of carbonyl (C=O) groups excluding carboxylic acids is 3. The summed E-state index contributed by atoms with van der Waals surface area (Å²) in [5, 5.41) is 19.1. The van der Waals surface area contributed by atoms with Crippen LogP contribution in [0.2, 0.25) is 0 Å². The van der Waals surface area contributed by atoms with Gasteiger partial charge in [0.2, 0.25) is 11.8 Å². The monoisotopic (exact) mass is 491 g/mol. The minimum atomic E-state index is -1.04. The third-order valence-corrected chi connectivity index (χ3v) is 5.79. The number of benzene rings is 1. The van der Waals surface area contributed by atoms with Crippen LogP contribution in [0.5, 0.6) is 0 Å². The average molecular weight is 492 g/mol. The van der Waals surface area contributed by atoms with Gasteiger partial charge in [-0.3, -0.25) is 9.59 Å². The van der Waals surface area contributed by atoms with Crippen molar-refractivity contribution >= 4 is 17.9 Å². The topological polar surface area (TPSA) is 117 Å². The highest BCUT2D eigenvalue weighted by Crippen LogP contribution is 2.13. The minimum absolute atomic E-state index is 0.100. The molecule has 35 heavy (non-hydrogen) atoms. The molecule has 0 aliphatic heterocycles. The van der Waals surface area contributed by atoms with Crippen molar-refractivity contribution in [1.29, 1.82) is 0 Å². The van der Waals surface area contributed by atoms with Gasteiger partial charge in [-0.15, -0.1) is 0 Å². The number of aliphatic hydroxyl groups is 1. The predicted octanol–water partition coefficient (Wildman–Crippen LogP) is 3.77. The van der Waals surface area contributed by atoms with Gasteiger partial charge in [0.1, 0.15) is 12.6 Å². The lowest BCUT2D eigenvalue weighted by molar-refractivity contribution is -0.127. The van der Waals surface area contributed by atoms with Crippen molar-refractivity contribution in [3.05, 3.63) is 35.9 Å². The van der Waals surface area contributed by atoms with Crippen LogP contribution >= 0.6 is 0 Å². The van der Waals surface area contributed by atoms with Gasteiger partial charge in [-0.1, -0.05) is 78.3 Å². The van der Waals surface area contributed by atoms with Crippen LogP contribution in [0.1, 0.15) is 72.8 Å². The van der Waals surface area contributed by atoms with E-state index in [4.69, 9.17) is 4.74 Å². The maximum atomic E-state index is 13.1. The second-order valence-electron chi connectivity index (χ2n) is 10.2. The van der Waals surface area contributed by atoms with Crippen molar-refractivity contribution in [3.8, 4) is 0 Å². The summed E-state index contributed by atoms with van der Waals surface area (Å²) in [5.41, 5.74) is 0.847. The van der Waals surface area contributed by atoms with Crippen molar-refractivity contribution in [3.63, 3.8) is 0 Å². The smallest absolute Gasteiger partial charge is 0.408 e. The van der Waals surface area contributed by atoms with E-state index in [0.29, 0.717) is 25.3 Å². The molecule has 0 aliphatic rings. The zero-order valence-electron chi connectivity index (χ0n) is 22.2. The Morgan fingerprint density at radius 3 is 2.14 bits per heavy atom. The zero-order valence-corrected chi connectivity index (χ0v) is 22.2. The fraction of sp³-hybridized carbons (Fsp3) is 0.667. The van der Waals surface area contributed by atoms with Crippen LogP contribution < -0.4 is 16.0 Å². The third-order valence-electron chi connectivity index (χ3n) is 5.79. The van der Waals surface area contributed by atoms with E-state index in [1.54, 1.807) is 0 Å². The standard InChI is InChI=1S/C27H45N3O5/c1-7-20(6)16-28-25(32)15-24(31)22(13-18(2)3)29-26(33)23(14-19(4)5)30-27(34)35-17-21-11-9-8-10-12-21/h8-12,18-20,22-24,31H,7,13-17H2,1-6H3,(H,28,32)(H,29,33)(H,30,34)/t20-,22-,23-,24-/m0/s1. The second kappa shape index (κ2) is 16.1. The summed E-state index contributed by atoms with van der Waals surface area (Å²) in [6, 6.07) is 7.86. The van der Waals surface area contributed by atoms with Crippen LogP contribution in [0, 0.1) is 17.8 Å². The molecule has 0 saturated heterocycles. The van der Waals surface area contributed by atoms with Crippen LogP contribution in [-0.4, -0.2) is 47.7 Å².